The zero-order valence-electron chi connectivity index (χ0n) is 9.44. The Balaban J connectivity index is 2.44. The molecule has 0 saturated carbocycles. The fraction of sp³-hybridized carbons (Fsp3) is 1.00. The molecule has 1 aliphatic rings. The molecular formula is C11H21BrO2. The highest BCUT2D eigenvalue weighted by Crippen LogP contribution is 2.33. The Bertz CT molecular complexity index is 169. The van der Waals surface area contributed by atoms with Crippen molar-refractivity contribution >= 4 is 15.9 Å². The van der Waals surface area contributed by atoms with E-state index in [1.807, 2.05) is 0 Å². The zero-order valence-corrected chi connectivity index (χ0v) is 11.0. The van der Waals surface area contributed by atoms with Crippen LogP contribution in [-0.2, 0) is 9.47 Å². The number of hydrogen-bond acceptors (Lipinski definition) is 2. The molecule has 0 aliphatic carbocycles. The summed E-state index contributed by atoms with van der Waals surface area (Å²) in [7, 11) is 0. The van der Waals surface area contributed by atoms with E-state index < -0.39 is 0 Å². The third kappa shape index (κ3) is 3.87. The van der Waals surface area contributed by atoms with Gasteiger partial charge in [-0.25, -0.2) is 0 Å². The van der Waals surface area contributed by atoms with Crippen LogP contribution >= 0.6 is 15.9 Å². The second-order valence-corrected chi connectivity index (χ2v) is 5.71. The molecule has 1 fully saturated rings. The molecule has 1 rings (SSSR count). The maximum Gasteiger partial charge on any atom is 0.0598 e. The Morgan fingerprint density at radius 3 is 2.29 bits per heavy atom. The average Bonchev–Trinajstić information content (AvgIpc) is 2.15. The summed E-state index contributed by atoms with van der Waals surface area (Å²) in [5, 5.41) is 1.01. The van der Waals surface area contributed by atoms with Gasteiger partial charge in [0.1, 0.15) is 0 Å². The minimum absolute atomic E-state index is 0.0343. The fourth-order valence-electron chi connectivity index (χ4n) is 1.49. The highest BCUT2D eigenvalue weighted by atomic mass is 79.9. The van der Waals surface area contributed by atoms with Crippen LogP contribution in [0.3, 0.4) is 0 Å². The molecule has 14 heavy (non-hydrogen) atoms. The highest BCUT2D eigenvalue weighted by Gasteiger charge is 2.33. The first kappa shape index (κ1) is 12.5. The minimum atomic E-state index is -0.0343. The van der Waals surface area contributed by atoms with Crippen LogP contribution in [0.15, 0.2) is 0 Å². The van der Waals surface area contributed by atoms with Crippen LogP contribution in [0.4, 0.5) is 0 Å². The van der Waals surface area contributed by atoms with Gasteiger partial charge in [-0.15, -0.1) is 0 Å². The second-order valence-electron chi connectivity index (χ2n) is 5.15. The van der Waals surface area contributed by atoms with Crippen molar-refractivity contribution in [3.63, 3.8) is 0 Å². The Hall–Kier alpha value is 0.400. The van der Waals surface area contributed by atoms with Crippen molar-refractivity contribution in [2.24, 2.45) is 5.41 Å². The quantitative estimate of drug-likeness (QED) is 0.730. The largest absolute Gasteiger partial charge is 0.381 e. The van der Waals surface area contributed by atoms with Gasteiger partial charge >= 0.3 is 0 Å². The molecule has 1 aliphatic heterocycles. The first-order valence-corrected chi connectivity index (χ1v) is 6.37. The van der Waals surface area contributed by atoms with Crippen LogP contribution in [0.5, 0.6) is 0 Å². The van der Waals surface area contributed by atoms with E-state index in [1.54, 1.807) is 0 Å². The Labute approximate surface area is 95.5 Å². The minimum Gasteiger partial charge on any atom is -0.381 e. The van der Waals surface area contributed by atoms with Gasteiger partial charge in [0.05, 0.1) is 12.2 Å². The first-order chi connectivity index (χ1) is 6.47. The van der Waals surface area contributed by atoms with Crippen molar-refractivity contribution in [3.05, 3.63) is 0 Å². The van der Waals surface area contributed by atoms with E-state index in [9.17, 15) is 0 Å². The molecule has 2 nitrogen and oxygen atoms in total. The summed E-state index contributed by atoms with van der Waals surface area (Å²) in [5.41, 5.74) is 0.263. The van der Waals surface area contributed by atoms with Crippen molar-refractivity contribution in [1.29, 1.82) is 0 Å². The van der Waals surface area contributed by atoms with E-state index in [2.05, 4.69) is 36.7 Å². The van der Waals surface area contributed by atoms with Gasteiger partial charge in [-0.1, -0.05) is 15.9 Å². The lowest BCUT2D eigenvalue weighted by atomic mass is 9.83. The molecule has 0 unspecified atom stereocenters. The zero-order chi connectivity index (χ0) is 10.7. The van der Waals surface area contributed by atoms with E-state index in [1.165, 1.54) is 0 Å². The number of hydrogen-bond donors (Lipinski definition) is 0. The Morgan fingerprint density at radius 2 is 1.86 bits per heavy atom. The van der Waals surface area contributed by atoms with Crippen molar-refractivity contribution < 1.29 is 9.47 Å². The summed E-state index contributed by atoms with van der Waals surface area (Å²) < 4.78 is 11.3. The summed E-state index contributed by atoms with van der Waals surface area (Å²) in [6.07, 6.45) is 2.21. The van der Waals surface area contributed by atoms with Crippen molar-refractivity contribution in [1.82, 2.24) is 0 Å². The fourth-order valence-corrected chi connectivity index (χ4v) is 2.21. The van der Waals surface area contributed by atoms with Gasteiger partial charge in [0.25, 0.3) is 0 Å². The SMILES string of the molecule is CC(C)(C)OCC1(CBr)CCOCC1. The predicted molar refractivity (Wildman–Crippen MR) is 62.0 cm³/mol. The van der Waals surface area contributed by atoms with Gasteiger partial charge in [0, 0.05) is 24.0 Å². The lowest BCUT2D eigenvalue weighted by Crippen LogP contribution is -2.38. The van der Waals surface area contributed by atoms with Gasteiger partial charge in [0.2, 0.25) is 0 Å². The molecule has 0 radical (unpaired) electrons. The molecule has 0 aromatic carbocycles. The lowest BCUT2D eigenvalue weighted by Gasteiger charge is -2.37. The van der Waals surface area contributed by atoms with Gasteiger partial charge in [0.15, 0.2) is 0 Å². The van der Waals surface area contributed by atoms with E-state index >= 15 is 0 Å². The van der Waals surface area contributed by atoms with Gasteiger partial charge in [-0.3, -0.25) is 0 Å². The molecule has 3 heteroatoms. The molecule has 1 saturated heterocycles. The van der Waals surface area contributed by atoms with Gasteiger partial charge in [-0.2, -0.15) is 0 Å². The maximum absolute atomic E-state index is 5.88. The molecule has 0 aromatic rings. The van der Waals surface area contributed by atoms with Crippen molar-refractivity contribution in [2.75, 3.05) is 25.2 Å². The van der Waals surface area contributed by atoms with E-state index in [0.717, 1.165) is 38.0 Å². The van der Waals surface area contributed by atoms with E-state index in [-0.39, 0.29) is 5.60 Å². The molecule has 0 aromatic heterocycles. The molecule has 0 amide bonds. The summed E-state index contributed by atoms with van der Waals surface area (Å²) in [6.45, 7) is 8.90. The van der Waals surface area contributed by atoms with Crippen LogP contribution in [-0.4, -0.2) is 30.8 Å². The van der Waals surface area contributed by atoms with Crippen LogP contribution in [0, 0.1) is 5.41 Å². The topological polar surface area (TPSA) is 18.5 Å². The standard InChI is InChI=1S/C11H21BrO2/c1-10(2,3)14-9-11(8-12)4-6-13-7-5-11/h4-9H2,1-3H3. The third-order valence-electron chi connectivity index (χ3n) is 2.65. The Kier molecular flexibility index (Phi) is 4.41. The summed E-state index contributed by atoms with van der Waals surface area (Å²) >= 11 is 3.60. The number of ether oxygens (including phenoxy) is 2. The predicted octanol–water partition coefficient (Wildman–Crippen LogP) is 2.99. The summed E-state index contributed by atoms with van der Waals surface area (Å²) in [6, 6.07) is 0. The van der Waals surface area contributed by atoms with E-state index in [4.69, 9.17) is 9.47 Å². The van der Waals surface area contributed by atoms with Gasteiger partial charge in [-0.05, 0) is 33.6 Å². The number of rotatable bonds is 3. The monoisotopic (exact) mass is 264 g/mol. The molecule has 0 atom stereocenters. The van der Waals surface area contributed by atoms with Crippen LogP contribution in [0.2, 0.25) is 0 Å². The number of halogens is 1. The summed E-state index contributed by atoms with van der Waals surface area (Å²) in [5.74, 6) is 0. The molecule has 0 spiro atoms. The summed E-state index contributed by atoms with van der Waals surface area (Å²) in [4.78, 5) is 0. The smallest absolute Gasteiger partial charge is 0.0598 e. The molecule has 84 valence electrons. The van der Waals surface area contributed by atoms with E-state index in [0.29, 0.717) is 5.41 Å². The van der Waals surface area contributed by atoms with Crippen LogP contribution in [0.1, 0.15) is 33.6 Å². The maximum atomic E-state index is 5.88. The lowest BCUT2D eigenvalue weighted by molar-refractivity contribution is -0.0787. The molecule has 0 bridgehead atoms. The number of alkyl halides is 1. The van der Waals surface area contributed by atoms with Crippen LogP contribution < -0.4 is 0 Å². The van der Waals surface area contributed by atoms with Crippen molar-refractivity contribution in [3.8, 4) is 0 Å². The third-order valence-corrected chi connectivity index (χ3v) is 3.84. The van der Waals surface area contributed by atoms with Crippen LogP contribution in [0.25, 0.3) is 0 Å². The molecular weight excluding hydrogens is 244 g/mol. The first-order valence-electron chi connectivity index (χ1n) is 5.25. The normalized spacial score (nSPS) is 22.3. The Morgan fingerprint density at radius 1 is 1.29 bits per heavy atom. The van der Waals surface area contributed by atoms with Crippen molar-refractivity contribution in [2.45, 2.75) is 39.2 Å². The molecule has 1 heterocycles. The second kappa shape index (κ2) is 4.95. The average molecular weight is 265 g/mol. The molecule has 0 N–H and O–H groups in total. The van der Waals surface area contributed by atoms with Gasteiger partial charge < -0.3 is 9.47 Å². The highest BCUT2D eigenvalue weighted by molar-refractivity contribution is 9.09.